The number of aliphatic hydroxyl groups excluding tert-OH is 2. The van der Waals surface area contributed by atoms with Crippen LogP contribution in [0.5, 0.6) is 11.5 Å². The number of ether oxygens (including phenoxy) is 5. The summed E-state index contributed by atoms with van der Waals surface area (Å²) in [6.45, 7) is 19.2. The van der Waals surface area contributed by atoms with Gasteiger partial charge in [-0.2, -0.15) is 10.1 Å². The van der Waals surface area contributed by atoms with Crippen LogP contribution in [0.15, 0.2) is 85.1 Å². The van der Waals surface area contributed by atoms with Gasteiger partial charge < -0.3 is 65.8 Å². The van der Waals surface area contributed by atoms with E-state index >= 15 is 0 Å². The minimum Gasteiger partial charge on any atom is -0.491 e. The molecule has 1 saturated heterocycles. The Bertz CT molecular complexity index is 2270. The van der Waals surface area contributed by atoms with E-state index in [4.69, 9.17) is 40.7 Å². The molecular formula is C53H83N11O8. The molecule has 2 aliphatic rings. The van der Waals surface area contributed by atoms with E-state index in [-0.39, 0.29) is 24.1 Å². The molecule has 19 heteroatoms. The molecule has 19 nitrogen and oxygen atoms in total. The highest BCUT2D eigenvalue weighted by Crippen LogP contribution is 2.29. The van der Waals surface area contributed by atoms with Gasteiger partial charge in [-0.25, -0.2) is 5.84 Å². The second kappa shape index (κ2) is 33.2. The predicted octanol–water partition coefficient (Wildman–Crippen LogP) is 5.85. The summed E-state index contributed by atoms with van der Waals surface area (Å²) >= 11 is 0. The number of hydrogen-bond donors (Lipinski definition) is 9. The number of hydrazine groups is 1. The number of fused-ring (bicyclic) bond motifs is 1. The van der Waals surface area contributed by atoms with Gasteiger partial charge in [0.1, 0.15) is 48.6 Å². The predicted molar refractivity (Wildman–Crippen MR) is 283 cm³/mol. The zero-order chi connectivity index (χ0) is 52.1. The Morgan fingerprint density at radius 1 is 0.764 bits per heavy atom. The zero-order valence-corrected chi connectivity index (χ0v) is 43.3. The molecular weight excluding hydrogens is 919 g/mol. The molecule has 2 unspecified atom stereocenters. The van der Waals surface area contributed by atoms with E-state index in [1.54, 1.807) is 12.3 Å². The first-order chi connectivity index (χ1) is 34.7. The Kier molecular flexibility index (Phi) is 27.1. The Labute approximate surface area is 426 Å². The lowest BCUT2D eigenvalue weighted by Gasteiger charge is -2.27. The molecule has 0 radical (unpaired) electrons. The minimum atomic E-state index is -0.513. The topological polar surface area (TPSA) is 266 Å². The molecule has 1 aliphatic carbocycles. The number of aromatic nitrogens is 4. The van der Waals surface area contributed by atoms with Crippen LogP contribution >= 0.6 is 0 Å². The second-order valence-corrected chi connectivity index (χ2v) is 18.7. The highest BCUT2D eigenvalue weighted by atomic mass is 16.5. The summed E-state index contributed by atoms with van der Waals surface area (Å²) in [7, 11) is 0. The van der Waals surface area contributed by atoms with Crippen LogP contribution in [0.4, 0.5) is 17.5 Å². The minimum absolute atomic E-state index is 0.149. The molecule has 2 fully saturated rings. The van der Waals surface area contributed by atoms with Crippen molar-refractivity contribution in [3.63, 3.8) is 0 Å². The van der Waals surface area contributed by atoms with Crippen LogP contribution in [0.2, 0.25) is 0 Å². The number of nitrogens with two attached hydrogens (primary N) is 2. The third-order valence-electron chi connectivity index (χ3n) is 11.1. The van der Waals surface area contributed by atoms with Gasteiger partial charge in [0.2, 0.25) is 0 Å². The summed E-state index contributed by atoms with van der Waals surface area (Å²) in [4.78, 5) is 6.08. The molecule has 1 saturated carbocycles. The van der Waals surface area contributed by atoms with Crippen molar-refractivity contribution in [2.45, 2.75) is 117 Å². The lowest BCUT2D eigenvalue weighted by Crippen LogP contribution is -2.35. The first kappa shape index (κ1) is 58.9. The van der Waals surface area contributed by atoms with E-state index in [0.29, 0.717) is 68.0 Å². The lowest BCUT2D eigenvalue weighted by molar-refractivity contribution is 0.0143. The Morgan fingerprint density at radius 3 is 1.92 bits per heavy atom. The molecule has 2 atom stereocenters. The number of rotatable bonds is 25. The quantitative estimate of drug-likeness (QED) is 0.0144. The number of nitrogens with one attached hydrogen (secondary N) is 4. The fraction of sp³-hybridized carbons (Fsp3) is 0.547. The first-order valence-electron chi connectivity index (χ1n) is 25.3. The fourth-order valence-electron chi connectivity index (χ4n) is 6.86. The number of benzene rings is 3. The largest absolute Gasteiger partial charge is 0.491 e. The van der Waals surface area contributed by atoms with Crippen molar-refractivity contribution in [2.75, 3.05) is 81.9 Å². The summed E-state index contributed by atoms with van der Waals surface area (Å²) in [6, 6.07) is 25.9. The van der Waals surface area contributed by atoms with Gasteiger partial charge in [0, 0.05) is 61.7 Å². The molecule has 1 aliphatic heterocycles. The van der Waals surface area contributed by atoms with Gasteiger partial charge in [0.15, 0.2) is 5.82 Å². The van der Waals surface area contributed by atoms with Gasteiger partial charge >= 0.3 is 0 Å². The van der Waals surface area contributed by atoms with Gasteiger partial charge in [0.05, 0.1) is 38.7 Å². The fourth-order valence-corrected chi connectivity index (χ4v) is 6.86. The van der Waals surface area contributed by atoms with Crippen LogP contribution in [-0.2, 0) is 27.2 Å². The average molecular weight is 1000 g/mol. The summed E-state index contributed by atoms with van der Waals surface area (Å²) in [5.74, 6) is 9.07. The van der Waals surface area contributed by atoms with Crippen molar-refractivity contribution in [2.24, 2.45) is 11.8 Å². The number of anilines is 3. The van der Waals surface area contributed by atoms with Crippen molar-refractivity contribution in [1.82, 2.24) is 30.5 Å². The van der Waals surface area contributed by atoms with E-state index in [9.17, 15) is 15.4 Å². The number of piperidine rings is 1. The third kappa shape index (κ3) is 24.2. The first-order valence-corrected chi connectivity index (χ1v) is 25.3. The van der Waals surface area contributed by atoms with E-state index in [2.05, 4.69) is 62.1 Å². The van der Waals surface area contributed by atoms with Gasteiger partial charge in [-0.1, -0.05) is 76.2 Å². The molecule has 11 N–H and O–H groups in total. The molecule has 0 spiro atoms. The van der Waals surface area contributed by atoms with Crippen molar-refractivity contribution in [3.8, 4) is 11.5 Å². The van der Waals surface area contributed by atoms with Crippen LogP contribution in [0.1, 0.15) is 84.8 Å². The second-order valence-electron chi connectivity index (χ2n) is 18.7. The van der Waals surface area contributed by atoms with Crippen LogP contribution in [0.25, 0.3) is 10.8 Å². The van der Waals surface area contributed by atoms with Crippen LogP contribution in [-0.4, -0.2) is 132 Å². The van der Waals surface area contributed by atoms with E-state index in [1.807, 2.05) is 88.4 Å². The SMILES string of the molecule is CC(C)NCC(O)COc1ccc(CCOCC2CC2)cc1.CC(C)NCC(O)COc1ccc(COCCOC(C)C)cc1.N=c1nc(N2CCCCC2)cc(N)n1O.NNc1nncc2ccccc12. The van der Waals surface area contributed by atoms with Crippen molar-refractivity contribution >= 4 is 28.2 Å². The molecule has 5 aromatic rings. The monoisotopic (exact) mass is 1000 g/mol. The maximum Gasteiger partial charge on any atom is 0.259 e. The smallest absolute Gasteiger partial charge is 0.259 e. The van der Waals surface area contributed by atoms with E-state index in [1.165, 1.54) is 24.8 Å². The molecule has 7 rings (SSSR count). The highest BCUT2D eigenvalue weighted by molar-refractivity contribution is 5.90. The maximum absolute atomic E-state index is 9.80. The van der Waals surface area contributed by atoms with Crippen molar-refractivity contribution in [1.29, 1.82) is 5.41 Å². The third-order valence-corrected chi connectivity index (χ3v) is 11.1. The van der Waals surface area contributed by atoms with Gasteiger partial charge in [-0.15, -0.1) is 9.83 Å². The summed E-state index contributed by atoms with van der Waals surface area (Å²) in [5, 5.41) is 52.3. The Hall–Kier alpha value is -5.64. The van der Waals surface area contributed by atoms with Crippen LogP contribution in [0.3, 0.4) is 0 Å². The van der Waals surface area contributed by atoms with Crippen molar-refractivity contribution in [3.05, 3.63) is 102 Å². The summed E-state index contributed by atoms with van der Waals surface area (Å²) < 4.78 is 28.4. The average Bonchev–Trinajstić information content (AvgIpc) is 4.22. The summed E-state index contributed by atoms with van der Waals surface area (Å²) in [6.07, 6.45) is 8.08. The summed E-state index contributed by atoms with van der Waals surface area (Å²) in [5.41, 5.74) is 10.2. The maximum atomic E-state index is 9.80. The number of nitrogen functional groups attached to an aromatic ring is 2. The zero-order valence-electron chi connectivity index (χ0n) is 43.3. The standard InChI is InChI=1S/C18H31NO4.C18H29NO3.C9H15N5O.C8H8N4/c1-14(2)19-11-17(20)13-23-18-7-5-16(6-8-18)12-21-9-10-22-15(3)4;1-14(2)19-11-17(20)13-22-18-7-5-15(6-8-18)9-10-21-12-16-3-4-16;10-7-6-8(12-9(11)14(7)15)13-4-2-1-3-5-13;9-11-8-7-4-2-1-3-6(7)5-10-12-8/h5-8,14-15,17,19-20H,9-13H2,1-4H3;5-8,14,16-17,19-20H,3-4,9-13H2,1-2H3;6,11,15H,1-5,10H2;1-5H,9H2,(H,11,12). The number of aliphatic hydroxyl groups is 2. The Morgan fingerprint density at radius 2 is 1.36 bits per heavy atom. The van der Waals surface area contributed by atoms with Gasteiger partial charge in [0.25, 0.3) is 5.62 Å². The van der Waals surface area contributed by atoms with E-state index in [0.717, 1.165) is 79.3 Å². The number of nitrogens with zero attached hydrogens (tertiary/aromatic N) is 5. The molecule has 0 bridgehead atoms. The molecule has 3 aromatic carbocycles. The van der Waals surface area contributed by atoms with Gasteiger partial charge in [-0.05, 0) is 93.7 Å². The lowest BCUT2D eigenvalue weighted by atomic mass is 10.1. The molecule has 0 amide bonds. The molecule has 398 valence electrons. The highest BCUT2D eigenvalue weighted by Gasteiger charge is 2.21. The number of hydrogen-bond acceptors (Lipinski definition) is 18. The normalized spacial score (nSPS) is 14.1. The van der Waals surface area contributed by atoms with E-state index < -0.39 is 12.2 Å². The molecule has 3 heterocycles. The Balaban J connectivity index is 0.000000214. The van der Waals surface area contributed by atoms with Crippen LogP contribution in [0, 0.1) is 11.3 Å². The van der Waals surface area contributed by atoms with Crippen molar-refractivity contribution < 1.29 is 39.1 Å². The molecule has 2 aromatic heterocycles. The molecule has 72 heavy (non-hydrogen) atoms. The van der Waals surface area contributed by atoms with Gasteiger partial charge in [-0.3, -0.25) is 5.41 Å². The van der Waals surface area contributed by atoms with Crippen LogP contribution < -0.4 is 47.6 Å².